The second-order valence-corrected chi connectivity index (χ2v) is 6.58. The Balaban J connectivity index is 0.00000117. The van der Waals surface area contributed by atoms with Crippen molar-refractivity contribution in [2.24, 2.45) is 7.05 Å². The van der Waals surface area contributed by atoms with Crippen molar-refractivity contribution in [2.75, 3.05) is 7.11 Å². The van der Waals surface area contributed by atoms with Gasteiger partial charge < -0.3 is 9.30 Å². The van der Waals surface area contributed by atoms with E-state index in [4.69, 9.17) is 16.3 Å². The van der Waals surface area contributed by atoms with E-state index in [9.17, 15) is 0 Å². The summed E-state index contributed by atoms with van der Waals surface area (Å²) in [7, 11) is 3.51. The van der Waals surface area contributed by atoms with Gasteiger partial charge in [0.15, 0.2) is 11.6 Å². The van der Waals surface area contributed by atoms with Crippen LogP contribution in [0.15, 0.2) is 55.0 Å². The number of rotatable bonds is 4. The lowest BCUT2D eigenvalue weighted by Gasteiger charge is -2.11. The van der Waals surface area contributed by atoms with E-state index in [1.165, 1.54) is 0 Å². The van der Waals surface area contributed by atoms with Gasteiger partial charge in [0.2, 0.25) is 0 Å². The lowest BCUT2D eigenvalue weighted by Crippen LogP contribution is -1.98. The zero-order chi connectivity index (χ0) is 21.0. The minimum atomic E-state index is 0.589. The molecule has 0 radical (unpaired) electrons. The third kappa shape index (κ3) is 4.17. The molecular formula is C22H24ClN5O. The predicted octanol–water partition coefficient (Wildman–Crippen LogP) is 5.33. The van der Waals surface area contributed by atoms with Gasteiger partial charge in [-0.25, -0.2) is 14.6 Å². The van der Waals surface area contributed by atoms with E-state index in [1.54, 1.807) is 18.1 Å². The summed E-state index contributed by atoms with van der Waals surface area (Å²) >= 11 is 6.29. The van der Waals surface area contributed by atoms with Crippen LogP contribution in [0.25, 0.3) is 28.5 Å². The highest BCUT2D eigenvalue weighted by Crippen LogP contribution is 2.31. The van der Waals surface area contributed by atoms with Gasteiger partial charge in [-0.3, -0.25) is 0 Å². The molecule has 0 amide bonds. The number of ether oxygens (including phenoxy) is 1. The van der Waals surface area contributed by atoms with Crippen LogP contribution in [0.5, 0.6) is 5.75 Å². The molecule has 0 unspecified atom stereocenters. The van der Waals surface area contributed by atoms with Gasteiger partial charge in [-0.1, -0.05) is 37.6 Å². The maximum atomic E-state index is 6.29. The first kappa shape index (κ1) is 20.6. The first-order valence-corrected chi connectivity index (χ1v) is 9.80. The molecule has 0 atom stereocenters. The number of hydrogen-bond acceptors (Lipinski definition) is 4. The van der Waals surface area contributed by atoms with Gasteiger partial charge in [-0.05, 0) is 37.3 Å². The summed E-state index contributed by atoms with van der Waals surface area (Å²) in [6, 6.07) is 13.5. The van der Waals surface area contributed by atoms with Crippen molar-refractivity contribution >= 4 is 11.6 Å². The number of halogens is 1. The Hall–Kier alpha value is -3.12. The largest absolute Gasteiger partial charge is 0.495 e. The molecule has 0 spiro atoms. The maximum absolute atomic E-state index is 6.29. The molecule has 2 heterocycles. The Kier molecular flexibility index (Phi) is 6.34. The average molecular weight is 410 g/mol. The summed E-state index contributed by atoms with van der Waals surface area (Å²) in [5.41, 5.74) is 3.56. The van der Waals surface area contributed by atoms with Crippen molar-refractivity contribution in [2.45, 2.75) is 20.8 Å². The molecule has 0 aliphatic heterocycles. The summed E-state index contributed by atoms with van der Waals surface area (Å²) in [4.78, 5) is 8.96. The SMILES string of the molecule is CC.COc1cc(-c2nc(-c3ccccc3Cl)nn2C)ccc1-n1cnc(C)c1. The third-order valence-electron chi connectivity index (χ3n) is 4.31. The van der Waals surface area contributed by atoms with E-state index in [-0.39, 0.29) is 0 Å². The van der Waals surface area contributed by atoms with Crippen LogP contribution in [0, 0.1) is 6.92 Å². The topological polar surface area (TPSA) is 57.8 Å². The van der Waals surface area contributed by atoms with Crippen LogP contribution in [0.1, 0.15) is 19.5 Å². The normalized spacial score (nSPS) is 10.4. The van der Waals surface area contributed by atoms with Crippen molar-refractivity contribution < 1.29 is 4.74 Å². The van der Waals surface area contributed by atoms with Gasteiger partial charge in [0.25, 0.3) is 0 Å². The summed E-state index contributed by atoms with van der Waals surface area (Å²) in [5.74, 6) is 2.05. The molecule has 2 aromatic heterocycles. The zero-order valence-corrected chi connectivity index (χ0v) is 18.0. The lowest BCUT2D eigenvalue weighted by atomic mass is 10.1. The first-order valence-electron chi connectivity index (χ1n) is 9.42. The van der Waals surface area contributed by atoms with Crippen LogP contribution in [-0.4, -0.2) is 31.4 Å². The van der Waals surface area contributed by atoms with Crippen LogP contribution >= 0.6 is 11.6 Å². The standard InChI is InChI=1S/C20H18ClN5O.C2H6/c1-13-11-26(12-22-13)17-9-8-14(10-18(17)27-3)20-23-19(24-25(20)2)15-6-4-5-7-16(15)21;1-2/h4-12H,1-3H3;1-2H3. The Labute approximate surface area is 175 Å². The molecule has 0 fully saturated rings. The van der Waals surface area contributed by atoms with E-state index in [2.05, 4.69) is 15.1 Å². The quantitative estimate of drug-likeness (QED) is 0.457. The summed E-state index contributed by atoms with van der Waals surface area (Å²) < 4.78 is 9.27. The van der Waals surface area contributed by atoms with Crippen LogP contribution < -0.4 is 4.74 Å². The molecule has 0 N–H and O–H groups in total. The van der Waals surface area contributed by atoms with E-state index in [0.29, 0.717) is 10.8 Å². The van der Waals surface area contributed by atoms with Crippen molar-refractivity contribution in [1.29, 1.82) is 0 Å². The fraction of sp³-hybridized carbons (Fsp3) is 0.227. The fourth-order valence-electron chi connectivity index (χ4n) is 2.98. The van der Waals surface area contributed by atoms with Gasteiger partial charge in [0, 0.05) is 24.4 Å². The first-order chi connectivity index (χ1) is 14.1. The third-order valence-corrected chi connectivity index (χ3v) is 4.64. The van der Waals surface area contributed by atoms with E-state index >= 15 is 0 Å². The highest BCUT2D eigenvalue weighted by molar-refractivity contribution is 6.33. The van der Waals surface area contributed by atoms with E-state index in [1.807, 2.05) is 81.0 Å². The van der Waals surface area contributed by atoms with Gasteiger partial charge in [-0.15, -0.1) is 0 Å². The predicted molar refractivity (Wildman–Crippen MR) is 117 cm³/mol. The number of aromatic nitrogens is 5. The minimum absolute atomic E-state index is 0.589. The van der Waals surface area contributed by atoms with Crippen molar-refractivity contribution in [3.8, 4) is 34.2 Å². The lowest BCUT2D eigenvalue weighted by molar-refractivity contribution is 0.413. The number of methoxy groups -OCH3 is 1. The van der Waals surface area contributed by atoms with Crippen LogP contribution in [0.2, 0.25) is 5.02 Å². The van der Waals surface area contributed by atoms with Crippen LogP contribution in [0.4, 0.5) is 0 Å². The Bertz CT molecular complexity index is 1120. The monoisotopic (exact) mass is 409 g/mol. The molecule has 0 bridgehead atoms. The Morgan fingerprint density at radius 2 is 1.83 bits per heavy atom. The molecular weight excluding hydrogens is 386 g/mol. The fourth-order valence-corrected chi connectivity index (χ4v) is 3.20. The molecule has 0 aliphatic carbocycles. The Morgan fingerprint density at radius 3 is 2.48 bits per heavy atom. The molecule has 0 aliphatic rings. The molecule has 29 heavy (non-hydrogen) atoms. The average Bonchev–Trinajstić information content (AvgIpc) is 3.35. The highest BCUT2D eigenvalue weighted by Gasteiger charge is 2.15. The number of benzene rings is 2. The second kappa shape index (κ2) is 8.92. The van der Waals surface area contributed by atoms with Crippen molar-refractivity contribution in [3.05, 3.63) is 65.7 Å². The molecule has 4 aromatic rings. The molecule has 7 heteroatoms. The van der Waals surface area contributed by atoms with Gasteiger partial charge in [0.1, 0.15) is 5.75 Å². The van der Waals surface area contributed by atoms with Crippen LogP contribution in [-0.2, 0) is 7.05 Å². The van der Waals surface area contributed by atoms with Crippen molar-refractivity contribution in [1.82, 2.24) is 24.3 Å². The smallest absolute Gasteiger partial charge is 0.183 e. The number of nitrogens with zero attached hydrogens (tertiary/aromatic N) is 5. The van der Waals surface area contributed by atoms with Gasteiger partial charge in [-0.2, -0.15) is 5.10 Å². The Morgan fingerprint density at radius 1 is 1.07 bits per heavy atom. The molecule has 0 saturated heterocycles. The minimum Gasteiger partial charge on any atom is -0.495 e. The van der Waals surface area contributed by atoms with Gasteiger partial charge in [0.05, 0.1) is 29.8 Å². The van der Waals surface area contributed by atoms with Crippen LogP contribution in [0.3, 0.4) is 0 Å². The highest BCUT2D eigenvalue weighted by atomic mass is 35.5. The van der Waals surface area contributed by atoms with Crippen molar-refractivity contribution in [3.63, 3.8) is 0 Å². The zero-order valence-electron chi connectivity index (χ0n) is 17.2. The number of hydrogen-bond donors (Lipinski definition) is 0. The maximum Gasteiger partial charge on any atom is 0.183 e. The van der Waals surface area contributed by atoms with E-state index < -0.39 is 0 Å². The summed E-state index contributed by atoms with van der Waals surface area (Å²) in [5, 5.41) is 5.15. The summed E-state index contributed by atoms with van der Waals surface area (Å²) in [6.07, 6.45) is 3.72. The second-order valence-electron chi connectivity index (χ2n) is 6.17. The molecule has 6 nitrogen and oxygen atoms in total. The van der Waals surface area contributed by atoms with E-state index in [0.717, 1.165) is 34.1 Å². The summed E-state index contributed by atoms with van der Waals surface area (Å²) in [6.45, 7) is 5.95. The molecule has 150 valence electrons. The number of aryl methyl sites for hydroxylation is 2. The number of imidazole rings is 1. The molecule has 0 saturated carbocycles. The molecule has 4 rings (SSSR count). The van der Waals surface area contributed by atoms with Gasteiger partial charge >= 0.3 is 0 Å². The molecule has 2 aromatic carbocycles.